The first-order valence-electron chi connectivity index (χ1n) is 6.85. The lowest BCUT2D eigenvalue weighted by Crippen LogP contribution is -2.11. The van der Waals surface area contributed by atoms with Crippen LogP contribution in [-0.2, 0) is 0 Å². The van der Waals surface area contributed by atoms with Gasteiger partial charge in [0.15, 0.2) is 0 Å². The zero-order valence-electron chi connectivity index (χ0n) is 11.5. The number of benzene rings is 1. The van der Waals surface area contributed by atoms with Crippen LogP contribution < -0.4 is 0 Å². The molecule has 0 unspecified atom stereocenters. The molecular formula is C16H15F5. The van der Waals surface area contributed by atoms with Gasteiger partial charge < -0.3 is 0 Å². The average Bonchev–Trinajstić information content (AvgIpc) is 2.37. The highest BCUT2D eigenvalue weighted by Gasteiger charge is 2.24. The Balaban J connectivity index is 2.26. The van der Waals surface area contributed by atoms with Gasteiger partial charge in [-0.05, 0) is 42.4 Å². The first-order chi connectivity index (χ1) is 9.76. The Labute approximate surface area is 120 Å². The maximum absolute atomic E-state index is 13.8. The smallest absolute Gasteiger partial charge is 0.206 e. The zero-order chi connectivity index (χ0) is 15.6. The van der Waals surface area contributed by atoms with Crippen LogP contribution in [0.1, 0.15) is 49.7 Å². The molecular weight excluding hydrogens is 287 g/mol. The van der Waals surface area contributed by atoms with Crippen LogP contribution >= 0.6 is 0 Å². The molecule has 2 rings (SSSR count). The first-order valence-corrected chi connectivity index (χ1v) is 6.85. The Morgan fingerprint density at radius 2 is 1.52 bits per heavy atom. The second kappa shape index (κ2) is 6.05. The van der Waals surface area contributed by atoms with Crippen molar-refractivity contribution in [1.82, 2.24) is 0 Å². The minimum atomic E-state index is -4.77. The van der Waals surface area contributed by atoms with Gasteiger partial charge in [0.25, 0.3) is 0 Å². The Hall–Kier alpha value is -1.57. The van der Waals surface area contributed by atoms with Crippen molar-refractivity contribution in [2.75, 3.05) is 0 Å². The summed E-state index contributed by atoms with van der Waals surface area (Å²) in [5.74, 6) is 1.04. The Morgan fingerprint density at radius 3 is 2.00 bits per heavy atom. The molecule has 1 aliphatic carbocycles. The van der Waals surface area contributed by atoms with Gasteiger partial charge in [0, 0.05) is 5.92 Å². The monoisotopic (exact) mass is 302 g/mol. The summed E-state index contributed by atoms with van der Waals surface area (Å²) in [5, 5.41) is 0. The molecule has 114 valence electrons. The first kappa shape index (κ1) is 15.8. The van der Waals surface area contributed by atoms with Crippen molar-refractivity contribution in [3.05, 3.63) is 34.9 Å². The Kier molecular flexibility index (Phi) is 4.55. The third-order valence-corrected chi connectivity index (χ3v) is 3.88. The molecule has 1 saturated carbocycles. The summed E-state index contributed by atoms with van der Waals surface area (Å²) < 4.78 is 63.6. The van der Waals surface area contributed by atoms with Crippen molar-refractivity contribution < 1.29 is 22.0 Å². The van der Waals surface area contributed by atoms with Gasteiger partial charge in [0.1, 0.15) is 11.6 Å². The van der Waals surface area contributed by atoms with E-state index in [1.807, 2.05) is 0 Å². The molecule has 0 radical (unpaired) electrons. The maximum Gasteiger partial charge on any atom is 0.458 e. The third kappa shape index (κ3) is 4.20. The summed E-state index contributed by atoms with van der Waals surface area (Å²) in [6, 6.07) is 2.23. The molecule has 0 amide bonds. The number of hydrogen-bond donors (Lipinski definition) is 0. The minimum Gasteiger partial charge on any atom is -0.206 e. The van der Waals surface area contributed by atoms with E-state index >= 15 is 0 Å². The van der Waals surface area contributed by atoms with Crippen molar-refractivity contribution >= 4 is 0 Å². The summed E-state index contributed by atoms with van der Waals surface area (Å²) in [6.45, 7) is 2.13. The van der Waals surface area contributed by atoms with Crippen molar-refractivity contribution in [2.24, 2.45) is 5.92 Å². The fourth-order valence-corrected chi connectivity index (χ4v) is 2.67. The SMILES string of the molecule is CC1CCC(c2cc(F)c(C#CC(F)(F)F)c(F)c2)CC1. The molecule has 0 bridgehead atoms. The van der Waals surface area contributed by atoms with Gasteiger partial charge in [-0.3, -0.25) is 0 Å². The molecule has 0 saturated heterocycles. The van der Waals surface area contributed by atoms with Gasteiger partial charge in [-0.1, -0.05) is 25.7 Å². The highest BCUT2D eigenvalue weighted by atomic mass is 19.4. The predicted octanol–water partition coefficient (Wildman–Crippen LogP) is 5.17. The van der Waals surface area contributed by atoms with Crippen LogP contribution in [0.25, 0.3) is 0 Å². The van der Waals surface area contributed by atoms with E-state index in [2.05, 4.69) is 6.92 Å². The van der Waals surface area contributed by atoms with Gasteiger partial charge in [-0.25, -0.2) is 8.78 Å². The van der Waals surface area contributed by atoms with Crippen LogP contribution in [-0.4, -0.2) is 6.18 Å². The highest BCUT2D eigenvalue weighted by molar-refractivity contribution is 5.40. The molecule has 0 nitrogen and oxygen atoms in total. The molecule has 1 fully saturated rings. The zero-order valence-corrected chi connectivity index (χ0v) is 11.5. The molecule has 0 N–H and O–H groups in total. The van der Waals surface area contributed by atoms with Crippen LogP contribution in [0.2, 0.25) is 0 Å². The fraction of sp³-hybridized carbons (Fsp3) is 0.500. The second-order valence-electron chi connectivity index (χ2n) is 5.56. The summed E-state index contributed by atoms with van der Waals surface area (Å²) in [6.07, 6.45) is -1.11. The topological polar surface area (TPSA) is 0 Å². The molecule has 5 heteroatoms. The normalized spacial score (nSPS) is 22.6. The number of alkyl halides is 3. The van der Waals surface area contributed by atoms with E-state index in [0.29, 0.717) is 11.5 Å². The van der Waals surface area contributed by atoms with Crippen LogP contribution in [0.4, 0.5) is 22.0 Å². The molecule has 1 aromatic rings. The molecule has 0 spiro atoms. The average molecular weight is 302 g/mol. The maximum atomic E-state index is 13.8. The van der Waals surface area contributed by atoms with Crippen LogP contribution in [0.5, 0.6) is 0 Å². The molecule has 1 aliphatic rings. The summed E-state index contributed by atoms with van der Waals surface area (Å²) >= 11 is 0. The van der Waals surface area contributed by atoms with Crippen LogP contribution in [0.3, 0.4) is 0 Å². The summed E-state index contributed by atoms with van der Waals surface area (Å²) in [5.41, 5.74) is -0.310. The molecule has 0 heterocycles. The number of halogens is 5. The van der Waals surface area contributed by atoms with Crippen molar-refractivity contribution in [3.8, 4) is 11.8 Å². The predicted molar refractivity (Wildman–Crippen MR) is 69.7 cm³/mol. The number of rotatable bonds is 1. The molecule has 0 atom stereocenters. The van der Waals surface area contributed by atoms with Crippen molar-refractivity contribution in [2.45, 2.75) is 44.7 Å². The van der Waals surface area contributed by atoms with Crippen LogP contribution in [0, 0.1) is 29.4 Å². The molecule has 1 aromatic carbocycles. The van der Waals surface area contributed by atoms with Gasteiger partial charge in [0.2, 0.25) is 0 Å². The second-order valence-corrected chi connectivity index (χ2v) is 5.56. The van der Waals surface area contributed by atoms with E-state index in [0.717, 1.165) is 43.7 Å². The van der Waals surface area contributed by atoms with Gasteiger partial charge in [-0.2, -0.15) is 13.2 Å². The van der Waals surface area contributed by atoms with Gasteiger partial charge in [0.05, 0.1) is 5.56 Å². The Bertz CT molecular complexity index is 546. The molecule has 0 aromatic heterocycles. The van der Waals surface area contributed by atoms with E-state index in [9.17, 15) is 22.0 Å². The summed E-state index contributed by atoms with van der Waals surface area (Å²) in [7, 11) is 0. The van der Waals surface area contributed by atoms with E-state index in [1.165, 1.54) is 5.92 Å². The third-order valence-electron chi connectivity index (χ3n) is 3.88. The van der Waals surface area contributed by atoms with Crippen LogP contribution in [0.15, 0.2) is 12.1 Å². The minimum absolute atomic E-state index is 0.0647. The van der Waals surface area contributed by atoms with Gasteiger partial charge in [-0.15, -0.1) is 0 Å². The molecule has 21 heavy (non-hydrogen) atoms. The highest BCUT2D eigenvalue weighted by Crippen LogP contribution is 2.36. The van der Waals surface area contributed by atoms with E-state index in [4.69, 9.17) is 0 Å². The quantitative estimate of drug-likeness (QED) is 0.496. The van der Waals surface area contributed by atoms with Gasteiger partial charge >= 0.3 is 6.18 Å². The standard InChI is InChI=1S/C16H15F5/c1-10-2-4-11(5-3-10)12-8-14(17)13(15(18)9-12)6-7-16(19,20)21/h8-11H,2-5H2,1H3. The fourth-order valence-electron chi connectivity index (χ4n) is 2.67. The molecule has 0 aliphatic heterocycles. The number of hydrogen-bond acceptors (Lipinski definition) is 0. The Morgan fingerprint density at radius 1 is 1.00 bits per heavy atom. The van der Waals surface area contributed by atoms with E-state index in [1.54, 1.807) is 0 Å². The lowest BCUT2D eigenvalue weighted by Gasteiger charge is -2.26. The van der Waals surface area contributed by atoms with Crippen molar-refractivity contribution in [1.29, 1.82) is 0 Å². The lowest BCUT2D eigenvalue weighted by atomic mass is 9.79. The van der Waals surface area contributed by atoms with E-state index in [-0.39, 0.29) is 5.92 Å². The van der Waals surface area contributed by atoms with E-state index < -0.39 is 23.4 Å². The lowest BCUT2D eigenvalue weighted by molar-refractivity contribution is -0.0696. The largest absolute Gasteiger partial charge is 0.458 e. The van der Waals surface area contributed by atoms with Crippen molar-refractivity contribution in [3.63, 3.8) is 0 Å². The summed E-state index contributed by atoms with van der Waals surface area (Å²) in [4.78, 5) is 0.